The summed E-state index contributed by atoms with van der Waals surface area (Å²) >= 11 is 9.48. The maximum absolute atomic E-state index is 13.5. The van der Waals surface area contributed by atoms with Gasteiger partial charge in [-0.3, -0.25) is 0 Å². The highest BCUT2D eigenvalue weighted by Gasteiger charge is 2.14. The summed E-state index contributed by atoms with van der Waals surface area (Å²) in [6, 6.07) is 10.7. The van der Waals surface area contributed by atoms with E-state index >= 15 is 0 Å². The van der Waals surface area contributed by atoms with Crippen LogP contribution in [0.25, 0.3) is 0 Å². The predicted octanol–water partition coefficient (Wildman–Crippen LogP) is 4.86. The van der Waals surface area contributed by atoms with Gasteiger partial charge in [0, 0.05) is 4.47 Å². The monoisotopic (exact) mass is 341 g/mol. The molecule has 2 aromatic carbocycles. The third kappa shape index (κ3) is 3.35. The molecule has 2 rings (SSSR count). The summed E-state index contributed by atoms with van der Waals surface area (Å²) in [6.45, 7) is 1.88. The van der Waals surface area contributed by atoms with Crippen molar-refractivity contribution in [2.24, 2.45) is 0 Å². The average molecular weight is 343 g/mol. The zero-order valence-electron chi connectivity index (χ0n) is 10.7. The molecule has 1 N–H and O–H groups in total. The highest BCUT2D eigenvalue weighted by atomic mass is 79.9. The first kappa shape index (κ1) is 14.5. The van der Waals surface area contributed by atoms with E-state index in [1.165, 1.54) is 6.07 Å². The van der Waals surface area contributed by atoms with Gasteiger partial charge in [0.2, 0.25) is 0 Å². The fourth-order valence-electron chi connectivity index (χ4n) is 2.15. The molecule has 4 heteroatoms. The van der Waals surface area contributed by atoms with Crippen LogP contribution in [-0.2, 0) is 0 Å². The van der Waals surface area contributed by atoms with Crippen molar-refractivity contribution in [3.05, 3.63) is 68.4 Å². The minimum absolute atomic E-state index is 0.0833. The lowest BCUT2D eigenvalue weighted by Crippen LogP contribution is -2.18. The molecule has 0 heterocycles. The summed E-state index contributed by atoms with van der Waals surface area (Å²) in [4.78, 5) is 0. The van der Waals surface area contributed by atoms with Gasteiger partial charge in [-0.05, 0) is 70.9 Å². The average Bonchev–Trinajstić information content (AvgIpc) is 2.33. The molecule has 1 nitrogen and oxygen atoms in total. The molecular weight excluding hydrogens is 329 g/mol. The predicted molar refractivity (Wildman–Crippen MR) is 81.2 cm³/mol. The summed E-state index contributed by atoms with van der Waals surface area (Å²) in [5.74, 6) is -0.224. The second-order valence-corrected chi connectivity index (χ2v) is 5.72. The van der Waals surface area contributed by atoms with Gasteiger partial charge in [-0.15, -0.1) is 0 Å². The van der Waals surface area contributed by atoms with E-state index in [4.69, 9.17) is 11.6 Å². The highest BCUT2D eigenvalue weighted by Crippen LogP contribution is 2.29. The van der Waals surface area contributed by atoms with Crippen molar-refractivity contribution in [1.29, 1.82) is 0 Å². The van der Waals surface area contributed by atoms with Gasteiger partial charge in [-0.1, -0.05) is 23.7 Å². The van der Waals surface area contributed by atoms with Crippen LogP contribution in [0.2, 0.25) is 5.02 Å². The van der Waals surface area contributed by atoms with Gasteiger partial charge in [0.05, 0.1) is 11.1 Å². The molecule has 0 aliphatic carbocycles. The molecule has 2 aromatic rings. The van der Waals surface area contributed by atoms with Crippen molar-refractivity contribution < 1.29 is 4.39 Å². The van der Waals surface area contributed by atoms with E-state index in [-0.39, 0.29) is 11.9 Å². The standard InChI is InChI=1S/C15H14BrClFN/c1-9-5-11(7-12(18)6-9)15(19-2)10-3-4-13(16)14(17)8-10/h3-8,15,19H,1-2H3. The summed E-state index contributed by atoms with van der Waals surface area (Å²) in [7, 11) is 1.85. The smallest absolute Gasteiger partial charge is 0.123 e. The maximum atomic E-state index is 13.5. The first-order valence-electron chi connectivity index (χ1n) is 5.90. The SMILES string of the molecule is CNC(c1cc(C)cc(F)c1)c1ccc(Br)c(Cl)c1. The van der Waals surface area contributed by atoms with E-state index in [0.29, 0.717) is 5.02 Å². The topological polar surface area (TPSA) is 12.0 Å². The van der Waals surface area contributed by atoms with Gasteiger partial charge in [-0.2, -0.15) is 0 Å². The van der Waals surface area contributed by atoms with Crippen molar-refractivity contribution >= 4 is 27.5 Å². The molecule has 0 saturated carbocycles. The molecule has 19 heavy (non-hydrogen) atoms. The van der Waals surface area contributed by atoms with Gasteiger partial charge in [0.15, 0.2) is 0 Å². The van der Waals surface area contributed by atoms with Crippen LogP contribution < -0.4 is 5.32 Å². The van der Waals surface area contributed by atoms with Crippen LogP contribution in [0, 0.1) is 12.7 Å². The van der Waals surface area contributed by atoms with Crippen LogP contribution >= 0.6 is 27.5 Å². The van der Waals surface area contributed by atoms with Crippen molar-refractivity contribution in [2.75, 3.05) is 7.05 Å². The van der Waals surface area contributed by atoms with Crippen LogP contribution in [-0.4, -0.2) is 7.05 Å². The maximum Gasteiger partial charge on any atom is 0.123 e. The fraction of sp³-hybridized carbons (Fsp3) is 0.200. The highest BCUT2D eigenvalue weighted by molar-refractivity contribution is 9.10. The number of aryl methyl sites for hydroxylation is 1. The molecule has 0 radical (unpaired) electrons. The Hall–Kier alpha value is -0.900. The molecule has 0 fully saturated rings. The molecule has 0 aromatic heterocycles. The van der Waals surface area contributed by atoms with E-state index in [1.54, 1.807) is 6.07 Å². The molecular formula is C15H14BrClFN. The molecule has 0 amide bonds. The second-order valence-electron chi connectivity index (χ2n) is 4.46. The number of hydrogen-bond donors (Lipinski definition) is 1. The summed E-state index contributed by atoms with van der Waals surface area (Å²) < 4.78 is 14.4. The van der Waals surface area contributed by atoms with Crippen LogP contribution in [0.3, 0.4) is 0 Å². The van der Waals surface area contributed by atoms with Crippen molar-refractivity contribution in [1.82, 2.24) is 5.32 Å². The van der Waals surface area contributed by atoms with Crippen LogP contribution in [0.15, 0.2) is 40.9 Å². The van der Waals surface area contributed by atoms with Gasteiger partial charge >= 0.3 is 0 Å². The lowest BCUT2D eigenvalue weighted by Gasteiger charge is -2.18. The Kier molecular flexibility index (Phi) is 4.61. The summed E-state index contributed by atoms with van der Waals surface area (Å²) in [5.41, 5.74) is 2.79. The number of halogens is 3. The molecule has 0 aliphatic heterocycles. The quantitative estimate of drug-likeness (QED) is 0.840. The lowest BCUT2D eigenvalue weighted by molar-refractivity contribution is 0.615. The minimum Gasteiger partial charge on any atom is -0.309 e. The first-order valence-corrected chi connectivity index (χ1v) is 7.07. The number of hydrogen-bond acceptors (Lipinski definition) is 1. The van der Waals surface area contributed by atoms with E-state index in [2.05, 4.69) is 21.2 Å². The van der Waals surface area contributed by atoms with Crippen LogP contribution in [0.5, 0.6) is 0 Å². The first-order chi connectivity index (χ1) is 9.01. The zero-order valence-corrected chi connectivity index (χ0v) is 13.0. The number of rotatable bonds is 3. The van der Waals surface area contributed by atoms with E-state index in [0.717, 1.165) is 21.2 Å². The largest absolute Gasteiger partial charge is 0.309 e. The second kappa shape index (κ2) is 6.04. The Morgan fingerprint density at radius 1 is 1.16 bits per heavy atom. The van der Waals surface area contributed by atoms with Gasteiger partial charge in [0.25, 0.3) is 0 Å². The van der Waals surface area contributed by atoms with Gasteiger partial charge in [-0.25, -0.2) is 4.39 Å². The van der Waals surface area contributed by atoms with E-state index in [9.17, 15) is 4.39 Å². The summed E-state index contributed by atoms with van der Waals surface area (Å²) in [5, 5.41) is 3.84. The van der Waals surface area contributed by atoms with E-state index in [1.807, 2.05) is 38.2 Å². The molecule has 0 bridgehead atoms. The van der Waals surface area contributed by atoms with Crippen molar-refractivity contribution in [3.8, 4) is 0 Å². The molecule has 0 saturated heterocycles. The third-order valence-electron chi connectivity index (χ3n) is 2.96. The molecule has 1 atom stereocenters. The molecule has 100 valence electrons. The van der Waals surface area contributed by atoms with Gasteiger partial charge < -0.3 is 5.32 Å². The van der Waals surface area contributed by atoms with Crippen LogP contribution in [0.4, 0.5) is 4.39 Å². The van der Waals surface area contributed by atoms with Gasteiger partial charge in [0.1, 0.15) is 5.82 Å². The number of nitrogens with one attached hydrogen (secondary N) is 1. The Bertz CT molecular complexity index is 580. The molecule has 0 aliphatic rings. The summed E-state index contributed by atoms with van der Waals surface area (Å²) in [6.07, 6.45) is 0. The minimum atomic E-state index is -0.224. The normalized spacial score (nSPS) is 12.5. The van der Waals surface area contributed by atoms with Crippen molar-refractivity contribution in [3.63, 3.8) is 0 Å². The zero-order chi connectivity index (χ0) is 14.0. The Labute approximate surface area is 125 Å². The Morgan fingerprint density at radius 3 is 2.47 bits per heavy atom. The Balaban J connectivity index is 2.46. The van der Waals surface area contributed by atoms with Crippen molar-refractivity contribution in [2.45, 2.75) is 13.0 Å². The molecule has 0 spiro atoms. The fourth-order valence-corrected chi connectivity index (χ4v) is 2.58. The lowest BCUT2D eigenvalue weighted by atomic mass is 9.97. The Morgan fingerprint density at radius 2 is 1.89 bits per heavy atom. The van der Waals surface area contributed by atoms with E-state index < -0.39 is 0 Å². The van der Waals surface area contributed by atoms with Crippen LogP contribution in [0.1, 0.15) is 22.7 Å². The molecule has 1 unspecified atom stereocenters. The number of benzene rings is 2. The third-order valence-corrected chi connectivity index (χ3v) is 4.20.